The topological polar surface area (TPSA) is 109 Å². The molecular formula is C108H106N8. The minimum atomic E-state index is 0.528. The molecule has 8 bridgehead atoms. The van der Waals surface area contributed by atoms with Crippen LogP contribution in [0.5, 0.6) is 0 Å². The maximum absolute atomic E-state index is 6.43. The molecule has 0 unspecified atom stereocenters. The normalized spacial score (nSPS) is 11.8. The van der Waals surface area contributed by atoms with E-state index in [2.05, 4.69) is 305 Å². The molecule has 12 aromatic carbocycles. The third-order valence-electron chi connectivity index (χ3n) is 24.1. The summed E-state index contributed by atoms with van der Waals surface area (Å²) in [6.45, 7) is 9.24. The zero-order valence-corrected chi connectivity index (χ0v) is 68.1. The van der Waals surface area contributed by atoms with Crippen molar-refractivity contribution in [3.05, 3.63) is 289 Å². The predicted octanol–water partition coefficient (Wildman–Crippen LogP) is 30.3. The van der Waals surface area contributed by atoms with Gasteiger partial charge < -0.3 is 9.97 Å². The maximum Gasteiger partial charge on any atom is 0.165 e. The lowest BCUT2D eigenvalue weighted by Crippen LogP contribution is -2.00. The number of hydrogen-bond acceptors (Lipinski definition) is 6. The molecule has 2 N–H and O–H groups in total. The third kappa shape index (κ3) is 15.6. The van der Waals surface area contributed by atoms with Crippen molar-refractivity contribution in [2.24, 2.45) is 0 Å². The Balaban J connectivity index is 1.14. The summed E-state index contributed by atoms with van der Waals surface area (Å²) >= 11 is 0. The van der Waals surface area contributed by atoms with Crippen molar-refractivity contribution in [3.63, 3.8) is 0 Å². The average Bonchev–Trinajstić information content (AvgIpc) is 1.48. The zero-order chi connectivity index (χ0) is 78.5. The minimum absolute atomic E-state index is 0.528. The number of H-pyrrole nitrogens is 2. The molecule has 0 saturated carbocycles. The fraction of sp³-hybridized carbons (Fsp3) is 0.259. The molecule has 17 rings (SSSR count). The lowest BCUT2D eigenvalue weighted by molar-refractivity contribution is 0.630. The van der Waals surface area contributed by atoms with E-state index in [9.17, 15) is 0 Å². The van der Waals surface area contributed by atoms with Crippen LogP contribution in [0.3, 0.4) is 0 Å². The van der Waals surface area contributed by atoms with Crippen LogP contribution in [0.2, 0.25) is 0 Å². The molecule has 578 valence electrons. The molecule has 2 aliphatic rings. The number of aromatic nitrogens is 8. The van der Waals surface area contributed by atoms with Gasteiger partial charge in [0.15, 0.2) is 23.3 Å². The highest BCUT2D eigenvalue weighted by molar-refractivity contribution is 6.27. The van der Waals surface area contributed by atoms with Gasteiger partial charge in [-0.1, -0.05) is 397 Å². The Bertz CT molecular complexity index is 6100. The Hall–Kier alpha value is -12.0. The average molecular weight is 1520 g/mol. The van der Waals surface area contributed by atoms with Crippen LogP contribution in [0.15, 0.2) is 267 Å². The molecule has 0 aliphatic carbocycles. The van der Waals surface area contributed by atoms with Crippen molar-refractivity contribution in [1.82, 2.24) is 39.9 Å². The van der Waals surface area contributed by atoms with Gasteiger partial charge in [-0.2, -0.15) is 0 Å². The highest BCUT2D eigenvalue weighted by atomic mass is 15.1. The van der Waals surface area contributed by atoms with Crippen LogP contribution in [0, 0.1) is 0 Å². The van der Waals surface area contributed by atoms with E-state index in [-0.39, 0.29) is 0 Å². The number of aromatic amines is 2. The molecule has 0 fully saturated rings. The van der Waals surface area contributed by atoms with E-state index in [0.717, 1.165) is 221 Å². The summed E-state index contributed by atoms with van der Waals surface area (Å²) in [5.74, 6) is 2.42. The Morgan fingerprint density at radius 1 is 0.172 bits per heavy atom. The summed E-state index contributed by atoms with van der Waals surface area (Å²) in [6, 6.07) is 97.9. The van der Waals surface area contributed by atoms with Gasteiger partial charge in [0.25, 0.3) is 0 Å². The molecule has 2 aliphatic heterocycles. The van der Waals surface area contributed by atoms with Crippen molar-refractivity contribution in [2.75, 3.05) is 0 Å². The van der Waals surface area contributed by atoms with Crippen LogP contribution in [-0.2, 0) is 25.7 Å². The van der Waals surface area contributed by atoms with Gasteiger partial charge in [0, 0.05) is 66.1 Å². The van der Waals surface area contributed by atoms with Crippen molar-refractivity contribution in [1.29, 1.82) is 0 Å². The van der Waals surface area contributed by atoms with Gasteiger partial charge in [0.1, 0.15) is 22.6 Å². The first kappa shape index (κ1) is 76.6. The minimum Gasteiger partial charge on any atom is -0.324 e. The molecule has 0 radical (unpaired) electrons. The summed E-state index contributed by atoms with van der Waals surface area (Å²) in [5, 5.41) is 4.06. The van der Waals surface area contributed by atoms with Crippen LogP contribution < -0.4 is 0 Å². The largest absolute Gasteiger partial charge is 0.324 e. The standard InChI is InChI=1S/C108H106N8/c1-5-9-13-17-29-65-81-69-71-83(67-31-19-15-11-7-3)95-93(81)101-109-102-94-82(66-30-18-14-10-6-2)70-72-84(68-32-20-16-12-8-4)96(94)104(111-102)113-106-98-90(78-59-43-26-44-60-78)86(74-51-35-22-36-52-74)88(76-55-39-24-40-56-76)92(80-63-47-28-48-64-80)100(98)108(115-106)116-107-99-91(79-61-45-27-46-62-79)87(75-53-37-23-38-54-75)85(73-49-33-21-34-50-73)89(77-57-41-25-42-58-77)97(99)105(114-107)112-103(95)110-101/h21-28,33-64,69-72H,5-20,29-32,65-68H2,1-4H3,(H2,109,110,111,112,113,114,115,116). The van der Waals surface area contributed by atoms with Gasteiger partial charge in [0.05, 0.1) is 0 Å². The Kier molecular flexibility index (Phi) is 23.9. The first-order valence-electron chi connectivity index (χ1n) is 43.5. The number of fused-ring (bicyclic) bond motifs is 20. The van der Waals surface area contributed by atoms with Gasteiger partial charge in [0.2, 0.25) is 0 Å². The molecule has 8 nitrogen and oxygen atoms in total. The SMILES string of the molecule is CCCCCCCc1ccc(CCCCCCC)c2c1-c1nc-2nc2[nH]c(nc3nc(nc4[nH]c(n1)c1c(CCCCCCC)ccc(CCCCCCC)c41)-c1c(-c4ccccc4)c(-c4ccccc4)c(-c4ccccc4)c(-c4ccccc4)c1-3)c1c(-c3ccccc3)c(-c3ccccc3)c(-c3ccccc3)c(-c3ccccc3)c21. The molecule has 3 aromatic heterocycles. The molecule has 0 spiro atoms. The van der Waals surface area contributed by atoms with Gasteiger partial charge in [-0.25, -0.2) is 29.9 Å². The van der Waals surface area contributed by atoms with Crippen molar-refractivity contribution in [3.8, 4) is 135 Å². The Morgan fingerprint density at radius 2 is 0.371 bits per heavy atom. The summed E-state index contributed by atoms with van der Waals surface area (Å²) < 4.78 is 0. The number of benzene rings is 12. The van der Waals surface area contributed by atoms with Crippen molar-refractivity contribution in [2.45, 2.75) is 182 Å². The first-order chi connectivity index (χ1) is 57.5. The van der Waals surface area contributed by atoms with Crippen LogP contribution >= 0.6 is 0 Å². The summed E-state index contributed by atoms with van der Waals surface area (Å²) in [7, 11) is 0. The number of rotatable bonds is 32. The smallest absolute Gasteiger partial charge is 0.165 e. The van der Waals surface area contributed by atoms with E-state index in [1.807, 2.05) is 0 Å². The summed E-state index contributed by atoms with van der Waals surface area (Å²) in [5.41, 5.74) is 28.6. The second-order valence-corrected chi connectivity index (χ2v) is 32.0. The van der Waals surface area contributed by atoms with Gasteiger partial charge in [-0.3, -0.25) is 0 Å². The van der Waals surface area contributed by atoms with E-state index in [1.54, 1.807) is 0 Å². The third-order valence-corrected chi connectivity index (χ3v) is 24.1. The van der Waals surface area contributed by atoms with Crippen LogP contribution in [-0.4, -0.2) is 39.9 Å². The number of unbranched alkanes of at least 4 members (excludes halogenated alkanes) is 16. The highest BCUT2D eigenvalue weighted by Crippen LogP contribution is 2.58. The van der Waals surface area contributed by atoms with Gasteiger partial charge >= 0.3 is 0 Å². The van der Waals surface area contributed by atoms with E-state index < -0.39 is 0 Å². The lowest BCUT2D eigenvalue weighted by Gasteiger charge is -2.25. The molecule has 0 saturated heterocycles. The summed E-state index contributed by atoms with van der Waals surface area (Å²) in [6.07, 6.45) is 26.7. The van der Waals surface area contributed by atoms with Crippen LogP contribution in [0.4, 0.5) is 0 Å². The van der Waals surface area contributed by atoms with Gasteiger partial charge in [-0.15, -0.1) is 0 Å². The zero-order valence-electron chi connectivity index (χ0n) is 68.1. The molecular weight excluding hydrogens is 1410 g/mol. The number of hydrogen-bond donors (Lipinski definition) is 2. The molecule has 0 atom stereocenters. The van der Waals surface area contributed by atoms with Crippen LogP contribution in [0.25, 0.3) is 179 Å². The van der Waals surface area contributed by atoms with Gasteiger partial charge in [-0.05, 0) is 140 Å². The Labute approximate surface area is 685 Å². The predicted molar refractivity (Wildman–Crippen MR) is 489 cm³/mol. The fourth-order valence-electron chi connectivity index (χ4n) is 18.5. The van der Waals surface area contributed by atoms with E-state index in [4.69, 9.17) is 29.9 Å². The molecule has 8 heteroatoms. The number of nitrogens with one attached hydrogen (secondary N) is 2. The second kappa shape index (κ2) is 36.2. The number of nitrogens with zero attached hydrogens (tertiary/aromatic N) is 6. The quantitative estimate of drug-likeness (QED) is 0.0407. The molecule has 15 aromatic rings. The first-order valence-corrected chi connectivity index (χ1v) is 43.5. The maximum atomic E-state index is 6.43. The van der Waals surface area contributed by atoms with Crippen LogP contribution in [0.1, 0.15) is 178 Å². The second-order valence-electron chi connectivity index (χ2n) is 32.0. The van der Waals surface area contributed by atoms with E-state index >= 15 is 0 Å². The lowest BCUT2D eigenvalue weighted by atomic mass is 9.77. The number of aryl methyl sites for hydroxylation is 4. The fourth-order valence-corrected chi connectivity index (χ4v) is 18.5. The monoisotopic (exact) mass is 1510 g/mol. The van der Waals surface area contributed by atoms with E-state index in [0.29, 0.717) is 34.6 Å². The van der Waals surface area contributed by atoms with Crippen molar-refractivity contribution >= 4 is 44.1 Å². The summed E-state index contributed by atoms with van der Waals surface area (Å²) in [4.78, 5) is 46.0. The molecule has 116 heavy (non-hydrogen) atoms. The van der Waals surface area contributed by atoms with Crippen molar-refractivity contribution < 1.29 is 0 Å². The molecule has 5 heterocycles. The van der Waals surface area contributed by atoms with E-state index in [1.165, 1.54) is 99.3 Å². The highest BCUT2D eigenvalue weighted by Gasteiger charge is 2.37. The molecule has 0 amide bonds. The Morgan fingerprint density at radius 3 is 0.629 bits per heavy atom.